The fourth-order valence-corrected chi connectivity index (χ4v) is 3.68. The van der Waals surface area contributed by atoms with Gasteiger partial charge in [-0.25, -0.2) is 9.97 Å². The molecule has 7 nitrogen and oxygen atoms in total. The molecule has 0 aliphatic heterocycles. The maximum absolute atomic E-state index is 11.4. The van der Waals surface area contributed by atoms with Crippen molar-refractivity contribution < 1.29 is 4.92 Å². The van der Waals surface area contributed by atoms with E-state index in [1.165, 1.54) is 11.6 Å². The molecule has 0 radical (unpaired) electrons. The number of halogens is 1. The summed E-state index contributed by atoms with van der Waals surface area (Å²) in [4.78, 5) is 19.8. The summed E-state index contributed by atoms with van der Waals surface area (Å²) < 4.78 is 2.63. The zero-order chi connectivity index (χ0) is 19.0. The number of non-ortho nitro benzene ring substituents is 1. The fraction of sp³-hybridized carbons (Fsp3) is 0.158. The number of anilines is 2. The van der Waals surface area contributed by atoms with Crippen LogP contribution in [-0.2, 0) is 6.42 Å². The van der Waals surface area contributed by atoms with Crippen molar-refractivity contribution in [3.8, 4) is 0 Å². The SMILES string of the molecule is CCCc1ccc(Nc2nc3cccc([N+](=O)[O-])c3n3cncc23)c(Br)c1. The second-order valence-electron chi connectivity index (χ2n) is 6.20. The van der Waals surface area contributed by atoms with E-state index in [-0.39, 0.29) is 5.69 Å². The van der Waals surface area contributed by atoms with Crippen LogP contribution in [0.1, 0.15) is 18.9 Å². The van der Waals surface area contributed by atoms with Gasteiger partial charge < -0.3 is 5.32 Å². The molecule has 0 saturated carbocycles. The molecule has 0 fully saturated rings. The highest BCUT2D eigenvalue weighted by molar-refractivity contribution is 9.10. The third-order valence-electron chi connectivity index (χ3n) is 4.37. The summed E-state index contributed by atoms with van der Waals surface area (Å²) in [5.41, 5.74) is 3.75. The lowest BCUT2D eigenvalue weighted by Crippen LogP contribution is -2.02. The Hall–Kier alpha value is -3.00. The molecule has 2 heterocycles. The van der Waals surface area contributed by atoms with Gasteiger partial charge in [-0.1, -0.05) is 25.5 Å². The largest absolute Gasteiger partial charge is 0.337 e. The molecule has 0 unspecified atom stereocenters. The summed E-state index contributed by atoms with van der Waals surface area (Å²) in [6, 6.07) is 11.0. The van der Waals surface area contributed by atoms with E-state index in [9.17, 15) is 10.1 Å². The third kappa shape index (κ3) is 3.12. The summed E-state index contributed by atoms with van der Waals surface area (Å²) in [7, 11) is 0. The van der Waals surface area contributed by atoms with Crippen LogP contribution in [0.15, 0.2) is 53.4 Å². The van der Waals surface area contributed by atoms with Crippen LogP contribution in [0.25, 0.3) is 16.6 Å². The lowest BCUT2D eigenvalue weighted by Gasteiger charge is -2.12. The van der Waals surface area contributed by atoms with E-state index in [1.54, 1.807) is 29.1 Å². The van der Waals surface area contributed by atoms with E-state index < -0.39 is 4.92 Å². The van der Waals surface area contributed by atoms with Gasteiger partial charge in [0.25, 0.3) is 5.69 Å². The molecule has 8 heteroatoms. The standard InChI is InChI=1S/C19H16BrN5O2/c1-2-4-12-7-8-14(13(20)9-12)22-19-17-10-21-11-24(17)18-15(23-19)5-3-6-16(18)25(26)27/h3,5-11H,2,4H2,1H3,(H,22,23). The number of nitro benzene ring substituents is 1. The van der Waals surface area contributed by atoms with Crippen LogP contribution in [-0.4, -0.2) is 19.3 Å². The first-order valence-corrected chi connectivity index (χ1v) is 9.32. The monoisotopic (exact) mass is 425 g/mol. The number of aromatic nitrogens is 3. The van der Waals surface area contributed by atoms with Crippen LogP contribution >= 0.6 is 15.9 Å². The van der Waals surface area contributed by atoms with Gasteiger partial charge in [0.2, 0.25) is 0 Å². The van der Waals surface area contributed by atoms with Crippen LogP contribution in [0, 0.1) is 10.1 Å². The van der Waals surface area contributed by atoms with Crippen LogP contribution in [0.4, 0.5) is 17.2 Å². The molecule has 2 aromatic heterocycles. The molecule has 0 aliphatic carbocycles. The highest BCUT2D eigenvalue weighted by atomic mass is 79.9. The van der Waals surface area contributed by atoms with Gasteiger partial charge in [0.05, 0.1) is 22.3 Å². The number of imidazole rings is 1. The summed E-state index contributed by atoms with van der Waals surface area (Å²) in [6.07, 6.45) is 5.31. The minimum atomic E-state index is -0.403. The molecular formula is C19H16BrN5O2. The lowest BCUT2D eigenvalue weighted by atomic mass is 10.1. The van der Waals surface area contributed by atoms with Crippen molar-refractivity contribution >= 4 is 49.7 Å². The average Bonchev–Trinajstić information content (AvgIpc) is 3.14. The van der Waals surface area contributed by atoms with Crippen LogP contribution in [0.3, 0.4) is 0 Å². The highest BCUT2D eigenvalue weighted by Gasteiger charge is 2.18. The van der Waals surface area contributed by atoms with Gasteiger partial charge in [0.1, 0.15) is 11.8 Å². The average molecular weight is 426 g/mol. The molecule has 1 N–H and O–H groups in total. The smallest absolute Gasteiger partial charge is 0.295 e. The number of rotatable bonds is 5. The Morgan fingerprint density at radius 1 is 1.30 bits per heavy atom. The minimum Gasteiger partial charge on any atom is -0.337 e. The van der Waals surface area contributed by atoms with Gasteiger partial charge in [-0.05, 0) is 46.1 Å². The van der Waals surface area contributed by atoms with Crippen molar-refractivity contribution in [1.82, 2.24) is 14.4 Å². The van der Waals surface area contributed by atoms with Crippen molar-refractivity contribution in [2.75, 3.05) is 5.32 Å². The topological polar surface area (TPSA) is 85.4 Å². The molecule has 0 spiro atoms. The summed E-state index contributed by atoms with van der Waals surface area (Å²) in [5.74, 6) is 0.587. The van der Waals surface area contributed by atoms with E-state index in [0.29, 0.717) is 22.4 Å². The molecule has 0 amide bonds. The number of fused-ring (bicyclic) bond motifs is 3. The maximum Gasteiger partial charge on any atom is 0.295 e. The Kier molecular flexibility index (Phi) is 4.49. The summed E-state index contributed by atoms with van der Waals surface area (Å²) >= 11 is 3.61. The van der Waals surface area contributed by atoms with Crippen molar-refractivity contribution in [3.63, 3.8) is 0 Å². The van der Waals surface area contributed by atoms with Crippen molar-refractivity contribution in [3.05, 3.63) is 69.1 Å². The molecule has 0 aliphatic rings. The molecule has 0 bridgehead atoms. The predicted octanol–water partition coefficient (Wildman–Crippen LogP) is 5.25. The van der Waals surface area contributed by atoms with Gasteiger partial charge in [0, 0.05) is 10.5 Å². The number of hydrogen-bond donors (Lipinski definition) is 1. The van der Waals surface area contributed by atoms with Gasteiger partial charge in [-0.15, -0.1) is 0 Å². The second-order valence-corrected chi connectivity index (χ2v) is 7.05. The van der Waals surface area contributed by atoms with Crippen LogP contribution in [0.2, 0.25) is 0 Å². The van der Waals surface area contributed by atoms with E-state index in [4.69, 9.17) is 0 Å². The Morgan fingerprint density at radius 3 is 2.89 bits per heavy atom. The Balaban J connectivity index is 1.85. The van der Waals surface area contributed by atoms with Crippen molar-refractivity contribution in [1.29, 1.82) is 0 Å². The summed E-state index contributed by atoms with van der Waals surface area (Å²) in [6.45, 7) is 2.15. The maximum atomic E-state index is 11.4. The van der Waals surface area contributed by atoms with Gasteiger partial charge in [-0.3, -0.25) is 14.5 Å². The number of nitrogens with zero attached hydrogens (tertiary/aromatic N) is 4. The number of aryl methyl sites for hydroxylation is 1. The molecule has 0 saturated heterocycles. The van der Waals surface area contributed by atoms with Gasteiger partial charge in [0.15, 0.2) is 11.3 Å². The summed E-state index contributed by atoms with van der Waals surface area (Å²) in [5, 5.41) is 14.7. The molecule has 136 valence electrons. The first-order valence-electron chi connectivity index (χ1n) is 8.53. The zero-order valence-electron chi connectivity index (χ0n) is 14.5. The number of benzene rings is 2. The Labute approximate surface area is 163 Å². The molecule has 4 rings (SSSR count). The number of nitro groups is 1. The van der Waals surface area contributed by atoms with Crippen molar-refractivity contribution in [2.45, 2.75) is 19.8 Å². The molecular weight excluding hydrogens is 410 g/mol. The third-order valence-corrected chi connectivity index (χ3v) is 5.03. The fourth-order valence-electron chi connectivity index (χ4n) is 3.15. The highest BCUT2D eigenvalue weighted by Crippen LogP contribution is 2.32. The van der Waals surface area contributed by atoms with Crippen molar-refractivity contribution in [2.24, 2.45) is 0 Å². The quantitative estimate of drug-likeness (QED) is 0.348. The van der Waals surface area contributed by atoms with Crippen LogP contribution < -0.4 is 5.32 Å². The van der Waals surface area contributed by atoms with Gasteiger partial charge >= 0.3 is 0 Å². The molecule has 4 aromatic rings. The van der Waals surface area contributed by atoms with E-state index >= 15 is 0 Å². The normalized spacial score (nSPS) is 11.2. The molecule has 2 aromatic carbocycles. The van der Waals surface area contributed by atoms with Gasteiger partial charge in [-0.2, -0.15) is 0 Å². The first-order chi connectivity index (χ1) is 13.1. The number of hydrogen-bond acceptors (Lipinski definition) is 5. The molecule has 0 atom stereocenters. The minimum absolute atomic E-state index is 0.000325. The van der Waals surface area contributed by atoms with Crippen LogP contribution in [0.5, 0.6) is 0 Å². The number of nitrogens with one attached hydrogen (secondary N) is 1. The second kappa shape index (κ2) is 6.96. The Bertz CT molecular complexity index is 1170. The number of para-hydroxylation sites is 1. The first kappa shape index (κ1) is 17.4. The Morgan fingerprint density at radius 2 is 2.15 bits per heavy atom. The lowest BCUT2D eigenvalue weighted by molar-refractivity contribution is -0.383. The van der Waals surface area contributed by atoms with E-state index in [0.717, 1.165) is 23.0 Å². The predicted molar refractivity (Wildman–Crippen MR) is 109 cm³/mol. The van der Waals surface area contributed by atoms with E-state index in [2.05, 4.69) is 50.3 Å². The molecule has 27 heavy (non-hydrogen) atoms. The van der Waals surface area contributed by atoms with E-state index in [1.807, 2.05) is 6.07 Å². The zero-order valence-corrected chi connectivity index (χ0v) is 16.1.